The number of para-hydroxylation sites is 4. The molecule has 5 heteroatoms. The molecule has 0 aliphatic carbocycles. The molecule has 0 atom stereocenters. The molecule has 276 valence electrons. The lowest BCUT2D eigenvalue weighted by Crippen LogP contribution is -2.15. The standard InChI is InChI=1S/C54H34N4O/c1-3-15-38(16-4-1)53-43-20-9-10-22-44(43)55-54(56-53)58-46-24-13-21-42(51(46)52-41-19-8-7-14-36(41)30-32-47(52)58)37-28-26-35(27-29-37)39-31-33-50-48(34-39)57(40-17-5-2-6-18-40)45-23-11-12-25-49(45)59-50/h1-34H. The first kappa shape index (κ1) is 33.2. The topological polar surface area (TPSA) is 43.2 Å². The molecule has 59 heavy (non-hydrogen) atoms. The largest absolute Gasteiger partial charge is 0.453 e. The van der Waals surface area contributed by atoms with Gasteiger partial charge in [0.15, 0.2) is 11.5 Å². The molecule has 0 unspecified atom stereocenters. The number of hydrogen-bond donors (Lipinski definition) is 0. The van der Waals surface area contributed by atoms with Gasteiger partial charge in [-0.1, -0.05) is 152 Å². The van der Waals surface area contributed by atoms with Crippen molar-refractivity contribution in [2.24, 2.45) is 0 Å². The van der Waals surface area contributed by atoms with Gasteiger partial charge in [-0.15, -0.1) is 0 Å². The van der Waals surface area contributed by atoms with Gasteiger partial charge in [0, 0.05) is 27.4 Å². The zero-order valence-electron chi connectivity index (χ0n) is 31.8. The van der Waals surface area contributed by atoms with Gasteiger partial charge in [0.2, 0.25) is 5.95 Å². The quantitative estimate of drug-likeness (QED) is 0.175. The van der Waals surface area contributed by atoms with Crippen molar-refractivity contribution in [1.29, 1.82) is 0 Å². The Labute approximate surface area is 340 Å². The molecule has 0 saturated heterocycles. The summed E-state index contributed by atoms with van der Waals surface area (Å²) in [6.07, 6.45) is 0. The molecular weight excluding hydrogens is 721 g/mol. The van der Waals surface area contributed by atoms with Gasteiger partial charge in [-0.2, -0.15) is 0 Å². The third-order valence-electron chi connectivity index (χ3n) is 11.6. The van der Waals surface area contributed by atoms with E-state index >= 15 is 0 Å². The minimum atomic E-state index is 0.647. The van der Waals surface area contributed by atoms with Crippen molar-refractivity contribution in [2.45, 2.75) is 0 Å². The van der Waals surface area contributed by atoms with Crippen molar-refractivity contribution in [3.05, 3.63) is 206 Å². The average molecular weight is 755 g/mol. The third kappa shape index (κ3) is 5.33. The number of ether oxygens (including phenoxy) is 1. The van der Waals surface area contributed by atoms with Gasteiger partial charge in [-0.25, -0.2) is 9.97 Å². The van der Waals surface area contributed by atoms with Gasteiger partial charge in [-0.05, 0) is 87.6 Å². The molecular formula is C54H34N4O. The smallest absolute Gasteiger partial charge is 0.235 e. The van der Waals surface area contributed by atoms with Crippen LogP contribution in [0.4, 0.5) is 17.1 Å². The van der Waals surface area contributed by atoms with E-state index in [0.29, 0.717) is 5.95 Å². The molecule has 1 aliphatic rings. The summed E-state index contributed by atoms with van der Waals surface area (Å²) in [7, 11) is 0. The van der Waals surface area contributed by atoms with E-state index in [0.717, 1.165) is 84.0 Å². The first-order valence-corrected chi connectivity index (χ1v) is 19.9. The number of anilines is 3. The van der Waals surface area contributed by atoms with Gasteiger partial charge < -0.3 is 9.64 Å². The predicted octanol–water partition coefficient (Wildman–Crippen LogP) is 14.5. The molecule has 12 rings (SSSR count). The molecule has 0 saturated carbocycles. The number of fused-ring (bicyclic) bond motifs is 8. The van der Waals surface area contributed by atoms with Crippen molar-refractivity contribution < 1.29 is 4.74 Å². The fourth-order valence-corrected chi connectivity index (χ4v) is 8.90. The van der Waals surface area contributed by atoms with E-state index in [1.807, 2.05) is 24.3 Å². The molecule has 9 aromatic carbocycles. The number of hydrogen-bond acceptors (Lipinski definition) is 4. The van der Waals surface area contributed by atoms with Gasteiger partial charge in [0.05, 0.1) is 33.6 Å². The molecule has 1 aliphatic heterocycles. The van der Waals surface area contributed by atoms with Crippen LogP contribution in [0.15, 0.2) is 206 Å². The Hall–Kier alpha value is -8.02. The number of rotatable bonds is 5. The minimum Gasteiger partial charge on any atom is -0.453 e. The van der Waals surface area contributed by atoms with Crippen LogP contribution in [0.25, 0.3) is 82.9 Å². The van der Waals surface area contributed by atoms with Gasteiger partial charge in [0.25, 0.3) is 0 Å². The summed E-state index contributed by atoms with van der Waals surface area (Å²) in [6, 6.07) is 72.5. The van der Waals surface area contributed by atoms with E-state index in [2.05, 4.69) is 191 Å². The second-order valence-corrected chi connectivity index (χ2v) is 15.0. The molecule has 3 heterocycles. The zero-order chi connectivity index (χ0) is 38.9. The summed E-state index contributed by atoms with van der Waals surface area (Å²) >= 11 is 0. The second-order valence-electron chi connectivity index (χ2n) is 15.0. The van der Waals surface area contributed by atoms with Crippen molar-refractivity contribution in [1.82, 2.24) is 14.5 Å². The highest BCUT2D eigenvalue weighted by atomic mass is 16.5. The Morgan fingerprint density at radius 3 is 1.95 bits per heavy atom. The SMILES string of the molecule is c1ccc(-c2nc(-n3c4cccc(-c5ccc(-c6ccc7c(c6)N(c6ccccc6)c6ccccc6O7)cc5)c4c4c5ccccc5ccc43)nc3ccccc23)cc1. The summed E-state index contributed by atoms with van der Waals surface area (Å²) in [5.41, 5.74) is 12.6. The lowest BCUT2D eigenvalue weighted by molar-refractivity contribution is 0.477. The van der Waals surface area contributed by atoms with E-state index in [4.69, 9.17) is 14.7 Å². The Morgan fingerprint density at radius 2 is 1.08 bits per heavy atom. The first-order valence-electron chi connectivity index (χ1n) is 19.9. The molecule has 5 nitrogen and oxygen atoms in total. The highest BCUT2D eigenvalue weighted by Crippen LogP contribution is 2.51. The summed E-state index contributed by atoms with van der Waals surface area (Å²) in [5.74, 6) is 2.32. The van der Waals surface area contributed by atoms with Crippen LogP contribution in [0.5, 0.6) is 11.5 Å². The first-order chi connectivity index (χ1) is 29.3. The van der Waals surface area contributed by atoms with Gasteiger partial charge >= 0.3 is 0 Å². The van der Waals surface area contributed by atoms with Crippen molar-refractivity contribution in [2.75, 3.05) is 4.90 Å². The van der Waals surface area contributed by atoms with E-state index in [1.165, 1.54) is 21.5 Å². The minimum absolute atomic E-state index is 0.647. The van der Waals surface area contributed by atoms with Gasteiger partial charge in [-0.3, -0.25) is 4.57 Å². The summed E-state index contributed by atoms with van der Waals surface area (Å²) in [4.78, 5) is 12.9. The third-order valence-corrected chi connectivity index (χ3v) is 11.6. The lowest BCUT2D eigenvalue weighted by Gasteiger charge is -2.33. The summed E-state index contributed by atoms with van der Waals surface area (Å²) in [6.45, 7) is 0. The lowest BCUT2D eigenvalue weighted by atomic mass is 9.95. The molecule has 0 fully saturated rings. The Bertz CT molecular complexity index is 3410. The predicted molar refractivity (Wildman–Crippen MR) is 242 cm³/mol. The second kappa shape index (κ2) is 13.3. The van der Waals surface area contributed by atoms with E-state index in [1.54, 1.807) is 0 Å². The van der Waals surface area contributed by atoms with E-state index in [-0.39, 0.29) is 0 Å². The Balaban J connectivity index is 1.02. The van der Waals surface area contributed by atoms with E-state index < -0.39 is 0 Å². The van der Waals surface area contributed by atoms with E-state index in [9.17, 15) is 0 Å². The summed E-state index contributed by atoms with van der Waals surface area (Å²) in [5, 5.41) is 5.78. The highest BCUT2D eigenvalue weighted by molar-refractivity contribution is 6.25. The van der Waals surface area contributed by atoms with Crippen LogP contribution >= 0.6 is 0 Å². The van der Waals surface area contributed by atoms with Gasteiger partial charge in [0.1, 0.15) is 0 Å². The summed E-state index contributed by atoms with van der Waals surface area (Å²) < 4.78 is 8.68. The Morgan fingerprint density at radius 1 is 0.407 bits per heavy atom. The van der Waals surface area contributed by atoms with Crippen LogP contribution in [0.2, 0.25) is 0 Å². The Kier molecular flexibility index (Phi) is 7.47. The highest BCUT2D eigenvalue weighted by Gasteiger charge is 2.26. The fraction of sp³-hybridized carbons (Fsp3) is 0. The number of aromatic nitrogens is 3. The van der Waals surface area contributed by atoms with Crippen molar-refractivity contribution in [3.63, 3.8) is 0 Å². The van der Waals surface area contributed by atoms with Crippen LogP contribution in [-0.4, -0.2) is 14.5 Å². The molecule has 0 spiro atoms. The van der Waals surface area contributed by atoms with Crippen molar-refractivity contribution >= 4 is 60.5 Å². The number of nitrogens with zero attached hydrogens (tertiary/aromatic N) is 4. The normalized spacial score (nSPS) is 12.2. The maximum Gasteiger partial charge on any atom is 0.235 e. The average Bonchev–Trinajstić information content (AvgIpc) is 3.66. The van der Waals surface area contributed by atoms with Crippen LogP contribution in [0.3, 0.4) is 0 Å². The monoisotopic (exact) mass is 754 g/mol. The zero-order valence-corrected chi connectivity index (χ0v) is 31.8. The van der Waals surface area contributed by atoms with Crippen LogP contribution < -0.4 is 9.64 Å². The molecule has 0 amide bonds. The molecule has 0 radical (unpaired) electrons. The molecule has 0 bridgehead atoms. The molecule has 11 aromatic rings. The number of benzene rings is 9. The maximum atomic E-state index is 6.43. The van der Waals surface area contributed by atoms with Crippen molar-refractivity contribution in [3.8, 4) is 51.0 Å². The van der Waals surface area contributed by atoms with Crippen LogP contribution in [-0.2, 0) is 0 Å². The molecule has 0 N–H and O–H groups in total. The molecule has 2 aromatic heterocycles. The maximum absolute atomic E-state index is 6.43. The fourth-order valence-electron chi connectivity index (χ4n) is 8.90. The van der Waals surface area contributed by atoms with Crippen LogP contribution in [0, 0.1) is 0 Å². The van der Waals surface area contributed by atoms with Crippen LogP contribution in [0.1, 0.15) is 0 Å².